The number of halogens is 1. The van der Waals surface area contributed by atoms with Gasteiger partial charge in [-0.05, 0) is 42.3 Å². The topological polar surface area (TPSA) is 90.4 Å². The number of anilines is 2. The summed E-state index contributed by atoms with van der Waals surface area (Å²) < 4.78 is 6.74. The van der Waals surface area contributed by atoms with Crippen molar-refractivity contribution < 1.29 is 24.2 Å². The van der Waals surface area contributed by atoms with Crippen molar-refractivity contribution in [2.24, 2.45) is 17.8 Å². The second-order valence-electron chi connectivity index (χ2n) is 11.3. The normalized spacial score (nSPS) is 30.5. The highest BCUT2D eigenvalue weighted by atomic mass is 35.5. The lowest BCUT2D eigenvalue weighted by atomic mass is 9.77. The number of carbonyl (C=O) groups is 3. The van der Waals surface area contributed by atoms with Gasteiger partial charge >= 0.3 is 0 Å². The van der Waals surface area contributed by atoms with Crippen LogP contribution in [-0.2, 0) is 19.1 Å². The second-order valence-corrected chi connectivity index (χ2v) is 11.7. The first-order chi connectivity index (χ1) is 19.8. The maximum absolute atomic E-state index is 14.6. The standard InChI is InChI=1S/C32H34ClN3O5/c1-3-20(2)24(19-37)36-28-31(40)35(23-14-12-21(33)13-15-23)18-8-16-32(28)27(30(36)39)26-25(41-32)11-7-17-34(29(26)38)22-9-5-4-6-10-22/h4-16,20,24-28,37H,3,17-19H2,1-2H3/t20-,24-,25-,26+,27-,28?,32-/m0/s1. The highest BCUT2D eigenvalue weighted by Gasteiger charge is 2.72. The van der Waals surface area contributed by atoms with Crippen LogP contribution < -0.4 is 9.80 Å². The minimum atomic E-state index is -1.37. The lowest BCUT2D eigenvalue weighted by Crippen LogP contribution is -2.59. The number of para-hydroxylation sites is 1. The molecule has 3 amide bonds. The molecule has 2 saturated heterocycles. The van der Waals surface area contributed by atoms with Gasteiger partial charge < -0.3 is 24.5 Å². The molecule has 41 heavy (non-hydrogen) atoms. The first kappa shape index (κ1) is 27.7. The van der Waals surface area contributed by atoms with Crippen LogP contribution in [0.15, 0.2) is 78.9 Å². The Morgan fingerprint density at radius 2 is 1.61 bits per heavy atom. The Morgan fingerprint density at radius 1 is 0.951 bits per heavy atom. The van der Waals surface area contributed by atoms with Crippen molar-refractivity contribution >= 4 is 40.7 Å². The third-order valence-electron chi connectivity index (χ3n) is 9.15. The molecule has 7 atom stereocenters. The van der Waals surface area contributed by atoms with E-state index in [0.717, 1.165) is 5.69 Å². The molecule has 2 aromatic carbocycles. The number of benzene rings is 2. The van der Waals surface area contributed by atoms with E-state index in [2.05, 4.69) is 0 Å². The summed E-state index contributed by atoms with van der Waals surface area (Å²) in [5.41, 5.74) is 0.00180. The molecule has 0 radical (unpaired) electrons. The molecule has 0 aliphatic carbocycles. The number of hydrogen-bond acceptors (Lipinski definition) is 5. The molecular weight excluding hydrogens is 542 g/mol. The molecule has 2 aromatic rings. The van der Waals surface area contributed by atoms with Crippen molar-refractivity contribution in [2.75, 3.05) is 29.5 Å². The van der Waals surface area contributed by atoms with E-state index in [0.29, 0.717) is 23.7 Å². The van der Waals surface area contributed by atoms with Gasteiger partial charge in [0.15, 0.2) is 0 Å². The van der Waals surface area contributed by atoms with Crippen LogP contribution in [0.4, 0.5) is 11.4 Å². The molecule has 0 saturated carbocycles. The summed E-state index contributed by atoms with van der Waals surface area (Å²) in [7, 11) is 0. The number of ether oxygens (including phenoxy) is 1. The number of amides is 3. The average molecular weight is 576 g/mol. The van der Waals surface area contributed by atoms with E-state index in [1.165, 1.54) is 4.90 Å². The van der Waals surface area contributed by atoms with Crippen LogP contribution in [0, 0.1) is 17.8 Å². The Balaban J connectivity index is 1.48. The van der Waals surface area contributed by atoms with E-state index >= 15 is 0 Å². The molecular formula is C32H34ClN3O5. The van der Waals surface area contributed by atoms with Crippen molar-refractivity contribution in [2.45, 2.75) is 44.1 Å². The van der Waals surface area contributed by atoms with Crippen LogP contribution in [0.5, 0.6) is 0 Å². The highest BCUT2D eigenvalue weighted by Crippen LogP contribution is 2.54. The second kappa shape index (κ2) is 10.7. The van der Waals surface area contributed by atoms with E-state index in [1.54, 1.807) is 34.1 Å². The summed E-state index contributed by atoms with van der Waals surface area (Å²) in [6.45, 7) is 4.26. The van der Waals surface area contributed by atoms with E-state index in [4.69, 9.17) is 16.3 Å². The van der Waals surface area contributed by atoms with Gasteiger partial charge in [0.25, 0.3) is 5.91 Å². The van der Waals surface area contributed by atoms with Crippen LogP contribution in [0.25, 0.3) is 0 Å². The summed E-state index contributed by atoms with van der Waals surface area (Å²) in [5, 5.41) is 11.1. The molecule has 214 valence electrons. The summed E-state index contributed by atoms with van der Waals surface area (Å²) in [5.74, 6) is -2.72. The highest BCUT2D eigenvalue weighted by molar-refractivity contribution is 6.30. The lowest BCUT2D eigenvalue weighted by molar-refractivity contribution is -0.145. The average Bonchev–Trinajstić information content (AvgIpc) is 3.30. The zero-order chi connectivity index (χ0) is 28.9. The number of hydrogen-bond donors (Lipinski definition) is 1. The van der Waals surface area contributed by atoms with Crippen LogP contribution in [0.1, 0.15) is 20.3 Å². The van der Waals surface area contributed by atoms with Gasteiger partial charge in [0.05, 0.1) is 30.6 Å². The largest absolute Gasteiger partial charge is 0.394 e. The van der Waals surface area contributed by atoms with Gasteiger partial charge in [0, 0.05) is 29.5 Å². The van der Waals surface area contributed by atoms with Crippen molar-refractivity contribution in [1.29, 1.82) is 0 Å². The fourth-order valence-electron chi connectivity index (χ4n) is 6.94. The van der Waals surface area contributed by atoms with Crippen molar-refractivity contribution in [3.8, 4) is 0 Å². The Kier molecular flexibility index (Phi) is 7.26. The van der Waals surface area contributed by atoms with Gasteiger partial charge in [-0.3, -0.25) is 14.4 Å². The van der Waals surface area contributed by atoms with Crippen LogP contribution >= 0.6 is 11.6 Å². The third-order valence-corrected chi connectivity index (χ3v) is 9.40. The SMILES string of the molecule is CC[C@H](C)[C@H](CO)N1C(=O)[C@@H]2[C@@H]3C(=O)N(c4ccccc4)CC=C[C@@H]3O[C@@]23C=CCN(c2ccc(Cl)cc2)C(=O)C13. The number of carbonyl (C=O) groups excluding carboxylic acids is 3. The number of aliphatic hydroxyl groups is 1. The smallest absolute Gasteiger partial charge is 0.253 e. The molecule has 4 heterocycles. The molecule has 0 aromatic heterocycles. The molecule has 8 nitrogen and oxygen atoms in total. The molecule has 9 heteroatoms. The lowest BCUT2D eigenvalue weighted by Gasteiger charge is -2.40. The summed E-state index contributed by atoms with van der Waals surface area (Å²) in [6, 6.07) is 14.7. The maximum atomic E-state index is 14.6. The molecule has 4 aliphatic rings. The van der Waals surface area contributed by atoms with Crippen LogP contribution in [-0.4, -0.2) is 71.2 Å². The predicted molar refractivity (Wildman–Crippen MR) is 156 cm³/mol. The Hall–Kier alpha value is -3.46. The third kappa shape index (κ3) is 4.31. The van der Waals surface area contributed by atoms with E-state index in [1.807, 2.05) is 68.5 Å². The molecule has 1 spiro atoms. The minimum absolute atomic E-state index is 0.0924. The fourth-order valence-corrected chi connectivity index (χ4v) is 7.07. The zero-order valence-electron chi connectivity index (χ0n) is 23.1. The molecule has 1 unspecified atom stereocenters. The van der Waals surface area contributed by atoms with Gasteiger partial charge in [0.1, 0.15) is 11.6 Å². The Bertz CT molecular complexity index is 1400. The van der Waals surface area contributed by atoms with Crippen LogP contribution in [0.3, 0.4) is 0 Å². The van der Waals surface area contributed by atoms with Gasteiger partial charge in [-0.2, -0.15) is 0 Å². The molecule has 4 aliphatic heterocycles. The van der Waals surface area contributed by atoms with Crippen LogP contribution in [0.2, 0.25) is 5.02 Å². The van der Waals surface area contributed by atoms with Crippen molar-refractivity contribution in [3.63, 3.8) is 0 Å². The molecule has 1 N–H and O–H groups in total. The maximum Gasteiger partial charge on any atom is 0.253 e. The van der Waals surface area contributed by atoms with E-state index < -0.39 is 35.6 Å². The van der Waals surface area contributed by atoms with Gasteiger partial charge in [-0.25, -0.2) is 0 Å². The summed E-state index contributed by atoms with van der Waals surface area (Å²) >= 11 is 6.13. The number of likely N-dealkylation sites (tertiary alicyclic amines) is 1. The Labute approximate surface area is 244 Å². The number of nitrogens with zero attached hydrogens (tertiary/aromatic N) is 3. The van der Waals surface area contributed by atoms with Crippen molar-refractivity contribution in [3.05, 3.63) is 83.9 Å². The number of fused-ring (bicyclic) bond motifs is 2. The molecule has 2 fully saturated rings. The van der Waals surface area contributed by atoms with Gasteiger partial charge in [0.2, 0.25) is 11.8 Å². The fraction of sp³-hybridized carbons (Fsp3) is 0.406. The quantitative estimate of drug-likeness (QED) is 0.529. The summed E-state index contributed by atoms with van der Waals surface area (Å²) in [4.78, 5) is 48.2. The van der Waals surface area contributed by atoms with E-state index in [9.17, 15) is 19.5 Å². The minimum Gasteiger partial charge on any atom is -0.394 e. The number of aliphatic hydroxyl groups excluding tert-OH is 1. The molecule has 6 rings (SSSR count). The zero-order valence-corrected chi connectivity index (χ0v) is 23.9. The van der Waals surface area contributed by atoms with Crippen molar-refractivity contribution in [1.82, 2.24) is 4.90 Å². The molecule has 0 bridgehead atoms. The number of rotatable bonds is 6. The first-order valence-electron chi connectivity index (χ1n) is 14.2. The Morgan fingerprint density at radius 3 is 2.29 bits per heavy atom. The van der Waals surface area contributed by atoms with Gasteiger partial charge in [-0.1, -0.05) is 74.4 Å². The predicted octanol–water partition coefficient (Wildman–Crippen LogP) is 3.83. The van der Waals surface area contributed by atoms with Gasteiger partial charge in [-0.15, -0.1) is 0 Å². The van der Waals surface area contributed by atoms with E-state index in [-0.39, 0.29) is 36.8 Å². The summed E-state index contributed by atoms with van der Waals surface area (Å²) in [6.07, 6.45) is 7.43. The monoisotopic (exact) mass is 575 g/mol. The first-order valence-corrected chi connectivity index (χ1v) is 14.6.